The first-order valence-corrected chi connectivity index (χ1v) is 11.8. The van der Waals surface area contributed by atoms with Crippen LogP contribution in [0.3, 0.4) is 0 Å². The third kappa shape index (κ3) is 4.31. The van der Waals surface area contributed by atoms with Crippen molar-refractivity contribution in [1.29, 1.82) is 0 Å². The Morgan fingerprint density at radius 2 is 1.74 bits per heavy atom. The summed E-state index contributed by atoms with van der Waals surface area (Å²) in [5.74, 6) is -0.870. The lowest BCUT2D eigenvalue weighted by atomic mass is 10.2. The number of benzene rings is 1. The van der Waals surface area contributed by atoms with Crippen molar-refractivity contribution in [2.24, 2.45) is 0 Å². The molecule has 0 aromatic heterocycles. The van der Waals surface area contributed by atoms with E-state index in [9.17, 15) is 26.0 Å². The molecule has 1 aromatic carbocycles. The van der Waals surface area contributed by atoms with Gasteiger partial charge in [-0.25, -0.2) is 12.8 Å². The van der Waals surface area contributed by atoms with E-state index in [-0.39, 0.29) is 43.6 Å². The van der Waals surface area contributed by atoms with Crippen molar-refractivity contribution in [2.75, 3.05) is 44.7 Å². The Hall–Kier alpha value is -1.56. The Balaban J connectivity index is 1.62. The van der Waals surface area contributed by atoms with Gasteiger partial charge in [0.1, 0.15) is 5.82 Å². The highest BCUT2D eigenvalue weighted by Crippen LogP contribution is 2.22. The summed E-state index contributed by atoms with van der Waals surface area (Å²) in [6, 6.07) is 4.65. The number of hydrogen-bond acceptors (Lipinski definition) is 5. The number of hydrogen-bond donors (Lipinski definition) is 0. The minimum atomic E-state index is -3.80. The molecule has 27 heavy (non-hydrogen) atoms. The molecule has 0 aliphatic carbocycles. The van der Waals surface area contributed by atoms with Gasteiger partial charge in [-0.05, 0) is 30.7 Å². The molecule has 1 unspecified atom stereocenters. The molecule has 2 saturated heterocycles. The fourth-order valence-corrected chi connectivity index (χ4v) is 6.74. The van der Waals surface area contributed by atoms with Crippen LogP contribution in [0.25, 0.3) is 0 Å². The number of piperazine rings is 1. The van der Waals surface area contributed by atoms with E-state index in [1.165, 1.54) is 40.5 Å². The van der Waals surface area contributed by atoms with Crippen molar-refractivity contribution in [1.82, 2.24) is 13.5 Å². The maximum atomic E-state index is 13.0. The van der Waals surface area contributed by atoms with Crippen LogP contribution in [0, 0.1) is 5.82 Å². The summed E-state index contributed by atoms with van der Waals surface area (Å²) in [7, 11) is -5.59. The molecule has 8 nitrogen and oxygen atoms in total. The summed E-state index contributed by atoms with van der Waals surface area (Å²) in [4.78, 5) is 14.0. The fraction of sp³-hybridized carbons (Fsp3) is 0.562. The lowest BCUT2D eigenvalue weighted by molar-refractivity contribution is 0.0693. The molecule has 2 heterocycles. The van der Waals surface area contributed by atoms with Crippen molar-refractivity contribution in [3.05, 3.63) is 35.6 Å². The van der Waals surface area contributed by atoms with Gasteiger partial charge in [0, 0.05) is 44.8 Å². The van der Waals surface area contributed by atoms with Gasteiger partial charge in [0.05, 0.1) is 11.5 Å². The highest BCUT2D eigenvalue weighted by atomic mass is 32.2. The number of carbonyl (C=O) groups excluding carboxylic acids is 1. The van der Waals surface area contributed by atoms with Gasteiger partial charge in [-0.15, -0.1) is 0 Å². The van der Waals surface area contributed by atoms with Crippen molar-refractivity contribution >= 4 is 26.0 Å². The Morgan fingerprint density at radius 1 is 1.15 bits per heavy atom. The van der Waals surface area contributed by atoms with Crippen LogP contribution in [0.5, 0.6) is 0 Å². The van der Waals surface area contributed by atoms with Gasteiger partial charge in [0.25, 0.3) is 16.1 Å². The number of rotatable bonds is 4. The maximum absolute atomic E-state index is 13.0. The van der Waals surface area contributed by atoms with Gasteiger partial charge in [0.15, 0.2) is 9.84 Å². The first-order valence-electron chi connectivity index (χ1n) is 8.58. The van der Waals surface area contributed by atoms with E-state index in [0.717, 1.165) is 4.31 Å². The first-order chi connectivity index (χ1) is 12.6. The monoisotopic (exact) mass is 419 g/mol. The number of halogens is 1. The molecule has 0 bridgehead atoms. The number of sulfone groups is 1. The van der Waals surface area contributed by atoms with Gasteiger partial charge in [-0.3, -0.25) is 4.79 Å². The van der Waals surface area contributed by atoms with Gasteiger partial charge >= 0.3 is 0 Å². The van der Waals surface area contributed by atoms with Crippen LogP contribution < -0.4 is 0 Å². The average Bonchev–Trinajstić information content (AvgIpc) is 3.01. The lowest BCUT2D eigenvalue weighted by Gasteiger charge is -2.37. The van der Waals surface area contributed by atoms with E-state index in [2.05, 4.69) is 0 Å². The average molecular weight is 420 g/mol. The molecule has 150 valence electrons. The molecule has 3 rings (SSSR count). The second kappa shape index (κ2) is 7.46. The zero-order valence-electron chi connectivity index (χ0n) is 14.9. The standard InChI is InChI=1S/C16H22FN3O5S2/c1-18(15-6-11-26(22,23)12-15)27(24,25)20-9-7-19(8-10-20)16(21)13-2-4-14(17)5-3-13/h2-5,15H,6-12H2,1H3. The van der Waals surface area contributed by atoms with Crippen LogP contribution >= 0.6 is 0 Å². The van der Waals surface area contributed by atoms with Gasteiger partial charge in [-0.1, -0.05) is 0 Å². The molecular formula is C16H22FN3O5S2. The lowest BCUT2D eigenvalue weighted by Crippen LogP contribution is -2.55. The highest BCUT2D eigenvalue weighted by Gasteiger charge is 2.39. The van der Waals surface area contributed by atoms with E-state index in [1.54, 1.807) is 0 Å². The second-order valence-electron chi connectivity index (χ2n) is 6.78. The molecule has 1 amide bonds. The van der Waals surface area contributed by atoms with E-state index in [0.29, 0.717) is 12.0 Å². The molecule has 11 heteroatoms. The third-order valence-corrected chi connectivity index (χ3v) is 8.82. The van der Waals surface area contributed by atoms with E-state index in [4.69, 9.17) is 0 Å². The number of nitrogens with zero attached hydrogens (tertiary/aromatic N) is 3. The Morgan fingerprint density at radius 3 is 2.26 bits per heavy atom. The SMILES string of the molecule is CN(C1CCS(=O)(=O)C1)S(=O)(=O)N1CCN(C(=O)c2ccc(F)cc2)CC1. The molecule has 1 aromatic rings. The molecule has 2 aliphatic rings. The summed E-state index contributed by atoms with van der Waals surface area (Å²) >= 11 is 0. The van der Waals surface area contributed by atoms with Crippen LogP contribution in [0.15, 0.2) is 24.3 Å². The van der Waals surface area contributed by atoms with E-state index in [1.807, 2.05) is 0 Å². The predicted molar refractivity (Wildman–Crippen MR) is 97.6 cm³/mol. The smallest absolute Gasteiger partial charge is 0.282 e. The Bertz CT molecular complexity index is 910. The van der Waals surface area contributed by atoms with Crippen LogP contribution in [0.2, 0.25) is 0 Å². The van der Waals surface area contributed by atoms with Crippen LogP contribution in [0.4, 0.5) is 4.39 Å². The molecule has 0 radical (unpaired) electrons. The van der Waals surface area contributed by atoms with E-state index >= 15 is 0 Å². The van der Waals surface area contributed by atoms with Gasteiger partial charge < -0.3 is 4.90 Å². The second-order valence-corrected chi connectivity index (χ2v) is 11.0. The summed E-state index contributed by atoms with van der Waals surface area (Å²) in [6.07, 6.45) is 0.293. The summed E-state index contributed by atoms with van der Waals surface area (Å²) < 4.78 is 64.2. The molecule has 2 aliphatic heterocycles. The van der Waals surface area contributed by atoms with Crippen LogP contribution in [0.1, 0.15) is 16.8 Å². The van der Waals surface area contributed by atoms with Crippen LogP contribution in [-0.4, -0.2) is 87.0 Å². The molecule has 0 saturated carbocycles. The minimum absolute atomic E-state index is 0.00250. The minimum Gasteiger partial charge on any atom is -0.336 e. The zero-order chi connectivity index (χ0) is 19.8. The molecule has 0 N–H and O–H groups in total. The predicted octanol–water partition coefficient (Wildman–Crippen LogP) is -0.0528. The van der Waals surface area contributed by atoms with Crippen molar-refractivity contribution in [3.63, 3.8) is 0 Å². The molecule has 0 spiro atoms. The third-order valence-electron chi connectivity index (χ3n) is 5.03. The Kier molecular flexibility index (Phi) is 5.57. The maximum Gasteiger partial charge on any atom is 0.282 e. The van der Waals surface area contributed by atoms with Crippen molar-refractivity contribution in [3.8, 4) is 0 Å². The van der Waals surface area contributed by atoms with E-state index < -0.39 is 31.9 Å². The van der Waals surface area contributed by atoms with Gasteiger partial charge in [0.2, 0.25) is 0 Å². The molecule has 2 fully saturated rings. The van der Waals surface area contributed by atoms with Crippen LogP contribution in [-0.2, 0) is 20.0 Å². The number of amides is 1. The summed E-state index contributed by atoms with van der Waals surface area (Å²) in [5.41, 5.74) is 0.348. The number of carbonyl (C=O) groups is 1. The summed E-state index contributed by atoms with van der Waals surface area (Å²) in [5, 5.41) is 0. The van der Waals surface area contributed by atoms with Crippen molar-refractivity contribution < 1.29 is 26.0 Å². The van der Waals surface area contributed by atoms with Crippen molar-refractivity contribution in [2.45, 2.75) is 12.5 Å². The molecule has 1 atom stereocenters. The first kappa shape index (κ1) is 20.2. The zero-order valence-corrected chi connectivity index (χ0v) is 16.5. The summed E-state index contributed by atoms with van der Waals surface area (Å²) in [6.45, 7) is 0.677. The largest absolute Gasteiger partial charge is 0.336 e. The Labute approximate surface area is 158 Å². The highest BCUT2D eigenvalue weighted by molar-refractivity contribution is 7.91. The quantitative estimate of drug-likeness (QED) is 0.682. The normalized spacial score (nSPS) is 23.7. The molecular weight excluding hydrogens is 397 g/mol. The topological polar surface area (TPSA) is 95.1 Å². The fourth-order valence-electron chi connectivity index (χ4n) is 3.33. The van der Waals surface area contributed by atoms with Gasteiger partial charge in [-0.2, -0.15) is 17.0 Å².